The molecular formula is C21H26N6O3S. The van der Waals surface area contributed by atoms with Crippen LogP contribution in [0.15, 0.2) is 41.7 Å². The maximum Gasteiger partial charge on any atom is 0.240 e. The minimum atomic E-state index is -3.71. The number of anilines is 1. The van der Waals surface area contributed by atoms with Gasteiger partial charge in [0.25, 0.3) is 0 Å². The van der Waals surface area contributed by atoms with Crippen molar-refractivity contribution in [3.63, 3.8) is 0 Å². The van der Waals surface area contributed by atoms with Crippen molar-refractivity contribution in [2.75, 3.05) is 5.73 Å². The van der Waals surface area contributed by atoms with Gasteiger partial charge in [-0.3, -0.25) is 4.68 Å². The average molecular weight is 443 g/mol. The van der Waals surface area contributed by atoms with E-state index in [-0.39, 0.29) is 22.9 Å². The normalized spacial score (nSPS) is 19.5. The number of aryl methyl sites for hydroxylation is 2. The number of aliphatic hydroxyl groups excluding tert-OH is 1. The van der Waals surface area contributed by atoms with Gasteiger partial charge in [-0.1, -0.05) is 6.07 Å². The van der Waals surface area contributed by atoms with Gasteiger partial charge in [-0.2, -0.15) is 5.10 Å². The monoisotopic (exact) mass is 442 g/mol. The fourth-order valence-corrected chi connectivity index (χ4v) is 5.14. The van der Waals surface area contributed by atoms with Gasteiger partial charge < -0.3 is 10.8 Å². The second-order valence-electron chi connectivity index (χ2n) is 8.00. The standard InChI is InChI=1S/C21H26N6O3S/c1-13-3-8-17(31(29,30)26-15-4-6-16(28)7-5-15)9-18(13)19-11-23-21(22)20(25-19)14-10-24-27(2)12-14/h3,8-12,15-16,26,28H,4-7H2,1-2H3,(H2,22,23)/t15-,16-. The Morgan fingerprint density at radius 1 is 1.19 bits per heavy atom. The van der Waals surface area contributed by atoms with E-state index in [1.165, 1.54) is 0 Å². The highest BCUT2D eigenvalue weighted by Crippen LogP contribution is 2.29. The van der Waals surface area contributed by atoms with Gasteiger partial charge in [0, 0.05) is 30.4 Å². The molecule has 0 unspecified atom stereocenters. The van der Waals surface area contributed by atoms with E-state index in [0.29, 0.717) is 42.6 Å². The molecule has 31 heavy (non-hydrogen) atoms. The molecule has 0 bridgehead atoms. The number of benzene rings is 1. The number of nitrogens with two attached hydrogens (primary N) is 1. The van der Waals surface area contributed by atoms with Gasteiger partial charge in [0.2, 0.25) is 10.0 Å². The predicted molar refractivity (Wildman–Crippen MR) is 117 cm³/mol. The van der Waals surface area contributed by atoms with Crippen molar-refractivity contribution < 1.29 is 13.5 Å². The zero-order valence-corrected chi connectivity index (χ0v) is 18.3. The average Bonchev–Trinajstić information content (AvgIpc) is 3.16. The number of hydrogen-bond acceptors (Lipinski definition) is 7. The Labute approximate surface area is 181 Å². The molecule has 1 aliphatic carbocycles. The number of aromatic nitrogens is 4. The summed E-state index contributed by atoms with van der Waals surface area (Å²) in [7, 11) is -1.91. The highest BCUT2D eigenvalue weighted by atomic mass is 32.2. The maximum atomic E-state index is 13.0. The lowest BCUT2D eigenvalue weighted by Crippen LogP contribution is -2.38. The molecule has 10 heteroatoms. The van der Waals surface area contributed by atoms with Gasteiger partial charge in [-0.15, -0.1) is 0 Å². The molecule has 0 atom stereocenters. The first-order valence-corrected chi connectivity index (χ1v) is 11.6. The number of hydrogen-bond donors (Lipinski definition) is 3. The number of nitrogens with one attached hydrogen (secondary N) is 1. The van der Waals surface area contributed by atoms with Gasteiger partial charge in [-0.25, -0.2) is 23.1 Å². The first kappa shape index (κ1) is 21.4. The second-order valence-corrected chi connectivity index (χ2v) is 9.71. The Kier molecular flexibility index (Phi) is 5.78. The Morgan fingerprint density at radius 3 is 2.61 bits per heavy atom. The molecule has 0 aliphatic heterocycles. The lowest BCUT2D eigenvalue weighted by molar-refractivity contribution is 0.120. The highest BCUT2D eigenvalue weighted by molar-refractivity contribution is 7.89. The van der Waals surface area contributed by atoms with Gasteiger partial charge in [-0.05, 0) is 50.3 Å². The molecule has 1 saturated carbocycles. The molecular weight excluding hydrogens is 416 g/mol. The quantitative estimate of drug-likeness (QED) is 0.550. The summed E-state index contributed by atoms with van der Waals surface area (Å²) in [5, 5.41) is 13.8. The van der Waals surface area contributed by atoms with Crippen LogP contribution in [0.3, 0.4) is 0 Å². The molecule has 0 spiro atoms. The molecule has 3 aromatic rings. The summed E-state index contributed by atoms with van der Waals surface area (Å²) in [6, 6.07) is 4.79. The van der Waals surface area contributed by atoms with Crippen LogP contribution < -0.4 is 10.5 Å². The molecule has 1 aliphatic rings. The predicted octanol–water partition coefficient (Wildman–Crippen LogP) is 2.02. The van der Waals surface area contributed by atoms with Crippen LogP contribution in [0, 0.1) is 6.92 Å². The van der Waals surface area contributed by atoms with Gasteiger partial charge in [0.1, 0.15) is 11.5 Å². The molecule has 4 rings (SSSR count). The summed E-state index contributed by atoms with van der Waals surface area (Å²) in [4.78, 5) is 9.08. The minimum absolute atomic E-state index is 0.167. The topological polar surface area (TPSA) is 136 Å². The third kappa shape index (κ3) is 4.60. The Morgan fingerprint density at radius 2 is 1.94 bits per heavy atom. The SMILES string of the molecule is Cc1ccc(S(=O)(=O)N[C@H]2CC[C@H](O)CC2)cc1-c1cnc(N)c(-c2cnn(C)c2)n1. The molecule has 4 N–H and O–H groups in total. The van der Waals surface area contributed by atoms with Crippen LogP contribution in [0.1, 0.15) is 31.2 Å². The van der Waals surface area contributed by atoms with E-state index >= 15 is 0 Å². The zero-order valence-electron chi connectivity index (χ0n) is 17.5. The summed E-state index contributed by atoms with van der Waals surface area (Å²) in [5.41, 5.74) is 9.32. The van der Waals surface area contributed by atoms with Crippen LogP contribution in [0.2, 0.25) is 0 Å². The summed E-state index contributed by atoms with van der Waals surface area (Å²) in [5.74, 6) is 0.277. The van der Waals surface area contributed by atoms with Crippen LogP contribution in [0.25, 0.3) is 22.5 Å². The van der Waals surface area contributed by atoms with Gasteiger partial charge in [0.05, 0.1) is 29.1 Å². The third-order valence-corrected chi connectivity index (χ3v) is 7.11. The first-order chi connectivity index (χ1) is 14.7. The Bertz CT molecular complexity index is 1200. The van der Waals surface area contributed by atoms with Crippen LogP contribution in [0.5, 0.6) is 0 Å². The number of sulfonamides is 1. The molecule has 9 nitrogen and oxygen atoms in total. The fourth-order valence-electron chi connectivity index (χ4n) is 3.81. The first-order valence-electron chi connectivity index (χ1n) is 10.2. The largest absolute Gasteiger partial charge is 0.393 e. The molecule has 0 radical (unpaired) electrons. The Hall–Kier alpha value is -2.82. The molecule has 1 fully saturated rings. The summed E-state index contributed by atoms with van der Waals surface area (Å²) in [6.07, 6.45) is 7.10. The number of aliphatic hydroxyl groups is 1. The van der Waals surface area contributed by atoms with Crippen LogP contribution in [-0.2, 0) is 17.1 Å². The van der Waals surface area contributed by atoms with Crippen LogP contribution in [-0.4, -0.2) is 45.4 Å². The van der Waals surface area contributed by atoms with Crippen LogP contribution >= 0.6 is 0 Å². The smallest absolute Gasteiger partial charge is 0.240 e. The van der Waals surface area contributed by atoms with E-state index in [1.807, 2.05) is 6.92 Å². The summed E-state index contributed by atoms with van der Waals surface area (Å²) in [6.45, 7) is 1.89. The van der Waals surface area contributed by atoms with Crippen molar-refractivity contribution in [3.8, 4) is 22.5 Å². The van der Waals surface area contributed by atoms with Crippen molar-refractivity contribution in [2.24, 2.45) is 7.05 Å². The number of nitrogens with zero attached hydrogens (tertiary/aromatic N) is 4. The number of rotatable bonds is 5. The molecule has 2 aromatic heterocycles. The van der Waals surface area contributed by atoms with E-state index in [2.05, 4.69) is 19.8 Å². The van der Waals surface area contributed by atoms with Crippen molar-refractivity contribution in [3.05, 3.63) is 42.4 Å². The van der Waals surface area contributed by atoms with E-state index < -0.39 is 10.0 Å². The maximum absolute atomic E-state index is 13.0. The summed E-state index contributed by atoms with van der Waals surface area (Å²) >= 11 is 0. The molecule has 0 amide bonds. The number of nitrogen functional groups attached to an aromatic ring is 1. The highest BCUT2D eigenvalue weighted by Gasteiger charge is 2.25. The Balaban J connectivity index is 1.67. The van der Waals surface area contributed by atoms with Crippen LogP contribution in [0.4, 0.5) is 5.82 Å². The van der Waals surface area contributed by atoms with Gasteiger partial charge in [0.15, 0.2) is 0 Å². The van der Waals surface area contributed by atoms with Crippen molar-refractivity contribution in [1.29, 1.82) is 0 Å². The molecule has 2 heterocycles. The molecule has 164 valence electrons. The zero-order chi connectivity index (χ0) is 22.2. The lowest BCUT2D eigenvalue weighted by atomic mass is 9.94. The van der Waals surface area contributed by atoms with Crippen molar-refractivity contribution >= 4 is 15.8 Å². The second kappa shape index (κ2) is 8.37. The van der Waals surface area contributed by atoms with E-state index in [1.54, 1.807) is 48.5 Å². The van der Waals surface area contributed by atoms with Gasteiger partial charge >= 0.3 is 0 Å². The summed E-state index contributed by atoms with van der Waals surface area (Å²) < 4.78 is 30.4. The lowest BCUT2D eigenvalue weighted by Gasteiger charge is -2.26. The van der Waals surface area contributed by atoms with E-state index in [9.17, 15) is 13.5 Å². The molecule has 0 saturated heterocycles. The van der Waals surface area contributed by atoms with Crippen molar-refractivity contribution in [1.82, 2.24) is 24.5 Å². The molecule has 1 aromatic carbocycles. The van der Waals surface area contributed by atoms with Crippen molar-refractivity contribution in [2.45, 2.75) is 49.6 Å². The fraction of sp³-hybridized carbons (Fsp3) is 0.381. The van der Waals surface area contributed by atoms with E-state index in [4.69, 9.17) is 5.73 Å². The van der Waals surface area contributed by atoms with E-state index in [0.717, 1.165) is 11.1 Å². The third-order valence-electron chi connectivity index (χ3n) is 5.59. The minimum Gasteiger partial charge on any atom is -0.393 e.